The molecule has 1 aliphatic heterocycles. The highest BCUT2D eigenvalue weighted by atomic mass is 16.4. The van der Waals surface area contributed by atoms with E-state index in [1.807, 2.05) is 7.05 Å². The zero-order chi connectivity index (χ0) is 10.1. The molecule has 0 spiro atoms. The number of anilines is 1. The zero-order valence-corrected chi connectivity index (χ0v) is 8.10. The van der Waals surface area contributed by atoms with Crippen LogP contribution in [0.15, 0.2) is 6.20 Å². The van der Waals surface area contributed by atoms with E-state index in [9.17, 15) is 4.79 Å². The van der Waals surface area contributed by atoms with E-state index in [0.717, 1.165) is 31.9 Å². The van der Waals surface area contributed by atoms with Gasteiger partial charge in [0.1, 0.15) is 0 Å². The van der Waals surface area contributed by atoms with Crippen molar-refractivity contribution in [3.63, 3.8) is 0 Å². The van der Waals surface area contributed by atoms with E-state index < -0.39 is 5.97 Å². The first-order chi connectivity index (χ1) is 6.68. The molecule has 0 bridgehead atoms. The Labute approximate surface area is 82.0 Å². The minimum atomic E-state index is -0.967. The number of carboxylic acids is 1. The lowest BCUT2D eigenvalue weighted by Crippen LogP contribution is -2.21. The molecule has 0 saturated carbocycles. The van der Waals surface area contributed by atoms with E-state index in [-0.39, 0.29) is 5.69 Å². The Balaban J connectivity index is 2.28. The monoisotopic (exact) mass is 195 g/mol. The number of aromatic carboxylic acids is 1. The molecule has 0 radical (unpaired) electrons. The Morgan fingerprint density at radius 3 is 2.64 bits per heavy atom. The van der Waals surface area contributed by atoms with E-state index in [1.54, 1.807) is 10.8 Å². The van der Waals surface area contributed by atoms with Gasteiger partial charge in [0.05, 0.1) is 0 Å². The van der Waals surface area contributed by atoms with Gasteiger partial charge < -0.3 is 14.6 Å². The first-order valence-electron chi connectivity index (χ1n) is 4.70. The van der Waals surface area contributed by atoms with Crippen molar-refractivity contribution in [3.05, 3.63) is 11.9 Å². The SMILES string of the molecule is Cn1cc(C(=O)O)nc1N1CCCC1. The number of hydrogen-bond acceptors (Lipinski definition) is 3. The van der Waals surface area contributed by atoms with Crippen LogP contribution in [0.1, 0.15) is 23.3 Å². The summed E-state index contributed by atoms with van der Waals surface area (Å²) in [5.41, 5.74) is 0.120. The minimum absolute atomic E-state index is 0.120. The highest BCUT2D eigenvalue weighted by Crippen LogP contribution is 2.18. The average molecular weight is 195 g/mol. The Morgan fingerprint density at radius 1 is 1.50 bits per heavy atom. The van der Waals surface area contributed by atoms with Gasteiger partial charge in [-0.05, 0) is 12.8 Å². The molecule has 0 atom stereocenters. The number of hydrogen-bond donors (Lipinski definition) is 1. The summed E-state index contributed by atoms with van der Waals surface area (Å²) in [5.74, 6) is -0.203. The highest BCUT2D eigenvalue weighted by Gasteiger charge is 2.19. The first kappa shape index (κ1) is 9.05. The number of nitrogens with zero attached hydrogens (tertiary/aromatic N) is 3. The smallest absolute Gasteiger partial charge is 0.356 e. The summed E-state index contributed by atoms with van der Waals surface area (Å²) < 4.78 is 1.77. The van der Waals surface area contributed by atoms with Crippen LogP contribution in [0.5, 0.6) is 0 Å². The molecule has 0 aromatic carbocycles. The van der Waals surface area contributed by atoms with Crippen LogP contribution >= 0.6 is 0 Å². The van der Waals surface area contributed by atoms with Gasteiger partial charge in [-0.2, -0.15) is 0 Å². The van der Waals surface area contributed by atoms with Crippen LogP contribution in [0.3, 0.4) is 0 Å². The van der Waals surface area contributed by atoms with Crippen molar-refractivity contribution < 1.29 is 9.90 Å². The van der Waals surface area contributed by atoms with Crippen LogP contribution in [0.2, 0.25) is 0 Å². The molecule has 1 fully saturated rings. The van der Waals surface area contributed by atoms with E-state index in [2.05, 4.69) is 9.88 Å². The number of carbonyl (C=O) groups is 1. The minimum Gasteiger partial charge on any atom is -0.476 e. The second kappa shape index (κ2) is 3.32. The molecule has 1 saturated heterocycles. The second-order valence-electron chi connectivity index (χ2n) is 3.54. The Kier molecular flexibility index (Phi) is 2.15. The van der Waals surface area contributed by atoms with E-state index >= 15 is 0 Å². The van der Waals surface area contributed by atoms with Crippen molar-refractivity contribution in [3.8, 4) is 0 Å². The van der Waals surface area contributed by atoms with Gasteiger partial charge in [-0.1, -0.05) is 0 Å². The highest BCUT2D eigenvalue weighted by molar-refractivity contribution is 5.85. The normalized spacial score (nSPS) is 16.2. The van der Waals surface area contributed by atoms with Crippen LogP contribution in [0, 0.1) is 0 Å². The molecule has 5 nitrogen and oxygen atoms in total. The lowest BCUT2D eigenvalue weighted by Gasteiger charge is -2.15. The maximum absolute atomic E-state index is 10.7. The number of carboxylic acid groups (broad SMARTS) is 1. The van der Waals surface area contributed by atoms with Crippen molar-refractivity contribution in [2.24, 2.45) is 7.05 Å². The molecule has 5 heteroatoms. The molecular weight excluding hydrogens is 182 g/mol. The molecule has 1 aromatic heterocycles. The first-order valence-corrected chi connectivity index (χ1v) is 4.70. The largest absolute Gasteiger partial charge is 0.476 e. The third-order valence-electron chi connectivity index (χ3n) is 2.46. The third-order valence-corrected chi connectivity index (χ3v) is 2.46. The predicted octanol–water partition coefficient (Wildman–Crippen LogP) is 0.718. The summed E-state index contributed by atoms with van der Waals surface area (Å²) in [6.45, 7) is 1.95. The van der Waals surface area contributed by atoms with Crippen LogP contribution in [-0.2, 0) is 7.05 Å². The summed E-state index contributed by atoms with van der Waals surface area (Å²) in [6, 6.07) is 0. The Morgan fingerprint density at radius 2 is 2.14 bits per heavy atom. The van der Waals surface area contributed by atoms with Gasteiger partial charge in [0.15, 0.2) is 5.69 Å². The molecule has 0 amide bonds. The zero-order valence-electron chi connectivity index (χ0n) is 8.10. The van der Waals surface area contributed by atoms with Gasteiger partial charge in [0.25, 0.3) is 0 Å². The van der Waals surface area contributed by atoms with Crippen molar-refractivity contribution in [2.75, 3.05) is 18.0 Å². The summed E-state index contributed by atoms with van der Waals surface area (Å²) in [5, 5.41) is 8.77. The molecule has 2 rings (SSSR count). The molecular formula is C9H13N3O2. The quantitative estimate of drug-likeness (QED) is 0.755. The van der Waals surface area contributed by atoms with Crippen LogP contribution in [-0.4, -0.2) is 33.7 Å². The second-order valence-corrected chi connectivity index (χ2v) is 3.54. The van der Waals surface area contributed by atoms with Crippen LogP contribution in [0.4, 0.5) is 5.95 Å². The van der Waals surface area contributed by atoms with Crippen LogP contribution < -0.4 is 4.90 Å². The third kappa shape index (κ3) is 1.45. The molecule has 76 valence electrons. The maximum atomic E-state index is 10.7. The van der Waals surface area contributed by atoms with Crippen LogP contribution in [0.25, 0.3) is 0 Å². The van der Waals surface area contributed by atoms with E-state index in [4.69, 9.17) is 5.11 Å². The standard InChI is InChI=1S/C9H13N3O2/c1-11-6-7(8(13)14)10-9(11)12-4-2-3-5-12/h6H,2-5H2,1H3,(H,13,14). The predicted molar refractivity (Wildman–Crippen MR) is 51.6 cm³/mol. The van der Waals surface area contributed by atoms with Crippen molar-refractivity contribution >= 4 is 11.9 Å². The average Bonchev–Trinajstić information content (AvgIpc) is 2.71. The van der Waals surface area contributed by atoms with Crippen molar-refractivity contribution in [1.82, 2.24) is 9.55 Å². The van der Waals surface area contributed by atoms with E-state index in [1.165, 1.54) is 0 Å². The van der Waals surface area contributed by atoms with Crippen molar-refractivity contribution in [1.29, 1.82) is 0 Å². The molecule has 1 N–H and O–H groups in total. The number of imidazole rings is 1. The summed E-state index contributed by atoms with van der Waals surface area (Å²) in [6.07, 6.45) is 3.88. The topological polar surface area (TPSA) is 58.4 Å². The molecule has 2 heterocycles. The maximum Gasteiger partial charge on any atom is 0.356 e. The summed E-state index contributed by atoms with van der Waals surface area (Å²) in [7, 11) is 1.83. The van der Waals surface area contributed by atoms with Gasteiger partial charge in [-0.25, -0.2) is 9.78 Å². The van der Waals surface area contributed by atoms with Crippen molar-refractivity contribution in [2.45, 2.75) is 12.8 Å². The van der Waals surface area contributed by atoms with E-state index in [0.29, 0.717) is 0 Å². The lowest BCUT2D eigenvalue weighted by atomic mass is 10.4. The molecule has 0 unspecified atom stereocenters. The summed E-state index contributed by atoms with van der Waals surface area (Å²) in [4.78, 5) is 16.9. The fraction of sp³-hybridized carbons (Fsp3) is 0.556. The lowest BCUT2D eigenvalue weighted by molar-refractivity contribution is 0.0691. The van der Waals surface area contributed by atoms with Gasteiger partial charge >= 0.3 is 5.97 Å². The number of aryl methyl sites for hydroxylation is 1. The summed E-state index contributed by atoms with van der Waals surface area (Å²) >= 11 is 0. The molecule has 0 aliphatic carbocycles. The van der Waals surface area contributed by atoms with Gasteiger partial charge in [0.2, 0.25) is 5.95 Å². The fourth-order valence-electron chi connectivity index (χ4n) is 1.77. The molecule has 14 heavy (non-hydrogen) atoms. The van der Waals surface area contributed by atoms with Gasteiger partial charge in [-0.15, -0.1) is 0 Å². The van der Waals surface area contributed by atoms with Gasteiger partial charge in [0, 0.05) is 26.3 Å². The molecule has 1 aromatic rings. The number of aromatic nitrogens is 2. The number of rotatable bonds is 2. The molecule has 1 aliphatic rings. The Bertz CT molecular complexity index is 353. The fourth-order valence-corrected chi connectivity index (χ4v) is 1.77. The van der Waals surface area contributed by atoms with Gasteiger partial charge in [-0.3, -0.25) is 0 Å². The Hall–Kier alpha value is -1.52.